The van der Waals surface area contributed by atoms with Gasteiger partial charge < -0.3 is 15.4 Å². The monoisotopic (exact) mass is 348 g/mol. The maximum Gasteiger partial charge on any atom is 0.270 e. The number of para-hydroxylation sites is 2. The zero-order valence-corrected chi connectivity index (χ0v) is 14.7. The number of hydrogen-bond donors (Lipinski definition) is 2. The van der Waals surface area contributed by atoms with Crippen LogP contribution in [0.1, 0.15) is 21.6 Å². The van der Waals surface area contributed by atoms with Crippen LogP contribution < -0.4 is 15.4 Å². The van der Waals surface area contributed by atoms with E-state index in [9.17, 15) is 4.79 Å². The van der Waals surface area contributed by atoms with E-state index in [-0.39, 0.29) is 5.91 Å². The quantitative estimate of drug-likeness (QED) is 0.713. The Morgan fingerprint density at radius 2 is 1.85 bits per heavy atom. The maximum absolute atomic E-state index is 12.4. The smallest absolute Gasteiger partial charge is 0.270 e. The molecule has 0 atom stereocenters. The fourth-order valence-electron chi connectivity index (χ4n) is 2.51. The van der Waals surface area contributed by atoms with Crippen LogP contribution in [0.3, 0.4) is 0 Å². The summed E-state index contributed by atoms with van der Waals surface area (Å²) in [5.41, 5.74) is 3.27. The highest BCUT2D eigenvalue weighted by molar-refractivity contribution is 5.93. The van der Waals surface area contributed by atoms with E-state index in [1.807, 2.05) is 55.5 Å². The van der Waals surface area contributed by atoms with Crippen LogP contribution in [0.4, 0.5) is 11.5 Å². The van der Waals surface area contributed by atoms with Crippen LogP contribution in [-0.2, 0) is 6.54 Å². The molecule has 0 bridgehead atoms. The van der Waals surface area contributed by atoms with Crippen molar-refractivity contribution in [1.29, 1.82) is 0 Å². The van der Waals surface area contributed by atoms with Gasteiger partial charge in [0.2, 0.25) is 0 Å². The molecule has 132 valence electrons. The van der Waals surface area contributed by atoms with E-state index < -0.39 is 0 Å². The third-order valence-electron chi connectivity index (χ3n) is 3.97. The average Bonchev–Trinajstić information content (AvgIpc) is 2.68. The first kappa shape index (κ1) is 17.4. The Balaban J connectivity index is 1.70. The highest BCUT2D eigenvalue weighted by atomic mass is 16.5. The molecule has 2 aromatic carbocycles. The summed E-state index contributed by atoms with van der Waals surface area (Å²) < 4.78 is 5.31. The van der Waals surface area contributed by atoms with Gasteiger partial charge in [0, 0.05) is 12.6 Å². The van der Waals surface area contributed by atoms with Crippen LogP contribution in [0.5, 0.6) is 5.75 Å². The molecule has 1 aromatic heterocycles. The van der Waals surface area contributed by atoms with Gasteiger partial charge in [0.05, 0.1) is 12.8 Å². The Morgan fingerprint density at radius 3 is 2.65 bits per heavy atom. The number of rotatable bonds is 6. The number of amides is 1. The molecule has 6 nitrogen and oxygen atoms in total. The fraction of sp³-hybridized carbons (Fsp3) is 0.150. The Bertz CT molecular complexity index is 912. The Kier molecular flexibility index (Phi) is 5.43. The summed E-state index contributed by atoms with van der Waals surface area (Å²) in [6.07, 6.45) is 1.36. The number of hydrogen-bond acceptors (Lipinski definition) is 5. The standard InChI is InChI=1S/C20H20N4O2/c1-14-7-3-4-8-15(14)12-21-20(25)17-11-19(23-13-22-17)24-16-9-5-6-10-18(16)26-2/h3-11,13H,12H2,1-2H3,(H,21,25)(H,22,23,24). The Labute approximate surface area is 152 Å². The Hall–Kier alpha value is -3.41. The molecule has 0 radical (unpaired) electrons. The molecule has 0 saturated carbocycles. The largest absolute Gasteiger partial charge is 0.495 e. The van der Waals surface area contributed by atoms with Crippen molar-refractivity contribution >= 4 is 17.4 Å². The number of nitrogens with one attached hydrogen (secondary N) is 2. The van der Waals surface area contributed by atoms with Gasteiger partial charge in [-0.05, 0) is 30.2 Å². The predicted molar refractivity (Wildman–Crippen MR) is 101 cm³/mol. The van der Waals surface area contributed by atoms with Gasteiger partial charge in [-0.3, -0.25) is 4.79 Å². The number of aryl methyl sites for hydroxylation is 1. The van der Waals surface area contributed by atoms with Crippen molar-refractivity contribution in [2.75, 3.05) is 12.4 Å². The van der Waals surface area contributed by atoms with E-state index in [1.54, 1.807) is 13.2 Å². The number of carbonyl (C=O) groups excluding carboxylic acids is 1. The second-order valence-corrected chi connectivity index (χ2v) is 5.72. The summed E-state index contributed by atoms with van der Waals surface area (Å²) in [5, 5.41) is 6.03. The summed E-state index contributed by atoms with van der Waals surface area (Å²) in [6.45, 7) is 2.46. The number of carbonyl (C=O) groups is 1. The van der Waals surface area contributed by atoms with E-state index in [4.69, 9.17) is 4.74 Å². The zero-order chi connectivity index (χ0) is 18.4. The lowest BCUT2D eigenvalue weighted by atomic mass is 10.1. The molecule has 0 unspecified atom stereocenters. The minimum Gasteiger partial charge on any atom is -0.495 e. The SMILES string of the molecule is COc1ccccc1Nc1cc(C(=O)NCc2ccccc2C)ncn1. The van der Waals surface area contributed by atoms with Crippen molar-refractivity contribution < 1.29 is 9.53 Å². The van der Waals surface area contributed by atoms with Gasteiger partial charge in [0.15, 0.2) is 0 Å². The van der Waals surface area contributed by atoms with Gasteiger partial charge in [0.25, 0.3) is 5.91 Å². The first-order valence-corrected chi connectivity index (χ1v) is 8.22. The Morgan fingerprint density at radius 1 is 1.08 bits per heavy atom. The summed E-state index contributed by atoms with van der Waals surface area (Å²) >= 11 is 0. The minimum atomic E-state index is -0.251. The van der Waals surface area contributed by atoms with Crippen LogP contribution in [0, 0.1) is 6.92 Å². The van der Waals surface area contributed by atoms with Crippen molar-refractivity contribution in [3.8, 4) is 5.75 Å². The van der Waals surface area contributed by atoms with Crippen molar-refractivity contribution in [3.05, 3.63) is 77.7 Å². The molecular formula is C20H20N4O2. The average molecular weight is 348 g/mol. The van der Waals surface area contributed by atoms with E-state index in [1.165, 1.54) is 6.33 Å². The zero-order valence-electron chi connectivity index (χ0n) is 14.7. The molecule has 0 saturated heterocycles. The lowest BCUT2D eigenvalue weighted by Crippen LogP contribution is -2.24. The van der Waals surface area contributed by atoms with Crippen LogP contribution in [0.2, 0.25) is 0 Å². The van der Waals surface area contributed by atoms with Gasteiger partial charge >= 0.3 is 0 Å². The molecule has 26 heavy (non-hydrogen) atoms. The summed E-state index contributed by atoms with van der Waals surface area (Å²) in [4.78, 5) is 20.6. The molecule has 0 spiro atoms. The molecule has 2 N–H and O–H groups in total. The molecular weight excluding hydrogens is 328 g/mol. The third-order valence-corrected chi connectivity index (χ3v) is 3.97. The number of aromatic nitrogens is 2. The maximum atomic E-state index is 12.4. The van der Waals surface area contributed by atoms with Crippen LogP contribution in [0.25, 0.3) is 0 Å². The van der Waals surface area contributed by atoms with Gasteiger partial charge in [-0.2, -0.15) is 0 Å². The predicted octanol–water partition coefficient (Wildman–Crippen LogP) is 3.47. The second kappa shape index (κ2) is 8.11. The number of nitrogens with zero attached hydrogens (tertiary/aromatic N) is 2. The third kappa shape index (κ3) is 4.16. The molecule has 0 fully saturated rings. The summed E-state index contributed by atoms with van der Waals surface area (Å²) in [6, 6.07) is 17.0. The van der Waals surface area contributed by atoms with Gasteiger partial charge in [-0.25, -0.2) is 9.97 Å². The van der Waals surface area contributed by atoms with E-state index >= 15 is 0 Å². The van der Waals surface area contributed by atoms with Gasteiger partial charge in [-0.15, -0.1) is 0 Å². The number of ether oxygens (including phenoxy) is 1. The molecule has 1 heterocycles. The van der Waals surface area contributed by atoms with E-state index in [0.717, 1.165) is 16.8 Å². The normalized spacial score (nSPS) is 10.2. The lowest BCUT2D eigenvalue weighted by Gasteiger charge is -2.11. The van der Waals surface area contributed by atoms with Crippen LogP contribution >= 0.6 is 0 Å². The highest BCUT2D eigenvalue weighted by Gasteiger charge is 2.10. The molecule has 0 aliphatic heterocycles. The van der Waals surface area contributed by atoms with Crippen molar-refractivity contribution in [1.82, 2.24) is 15.3 Å². The van der Waals surface area contributed by atoms with Crippen LogP contribution in [0.15, 0.2) is 60.9 Å². The number of methoxy groups -OCH3 is 1. The van der Waals surface area contributed by atoms with Crippen molar-refractivity contribution in [2.24, 2.45) is 0 Å². The first-order valence-electron chi connectivity index (χ1n) is 8.22. The van der Waals surface area contributed by atoms with E-state index in [2.05, 4.69) is 20.6 Å². The molecule has 3 aromatic rings. The molecule has 0 aliphatic rings. The second-order valence-electron chi connectivity index (χ2n) is 5.72. The topological polar surface area (TPSA) is 76.1 Å². The molecule has 0 aliphatic carbocycles. The number of anilines is 2. The van der Waals surface area contributed by atoms with Gasteiger partial charge in [-0.1, -0.05) is 36.4 Å². The fourth-order valence-corrected chi connectivity index (χ4v) is 2.51. The first-order chi connectivity index (χ1) is 12.7. The van der Waals surface area contributed by atoms with E-state index in [0.29, 0.717) is 23.8 Å². The number of benzene rings is 2. The van der Waals surface area contributed by atoms with Gasteiger partial charge in [0.1, 0.15) is 23.6 Å². The highest BCUT2D eigenvalue weighted by Crippen LogP contribution is 2.26. The molecule has 1 amide bonds. The lowest BCUT2D eigenvalue weighted by molar-refractivity contribution is 0.0945. The van der Waals surface area contributed by atoms with Crippen molar-refractivity contribution in [3.63, 3.8) is 0 Å². The molecule has 6 heteroatoms. The summed E-state index contributed by atoms with van der Waals surface area (Å²) in [7, 11) is 1.60. The summed E-state index contributed by atoms with van der Waals surface area (Å²) in [5.74, 6) is 0.959. The van der Waals surface area contributed by atoms with Crippen molar-refractivity contribution in [2.45, 2.75) is 13.5 Å². The minimum absolute atomic E-state index is 0.251. The van der Waals surface area contributed by atoms with Crippen LogP contribution in [-0.4, -0.2) is 23.0 Å². The molecule has 3 rings (SSSR count).